The summed E-state index contributed by atoms with van der Waals surface area (Å²) in [5.74, 6) is 0. The van der Waals surface area contributed by atoms with E-state index in [-0.39, 0.29) is 5.57 Å². The Balaban J connectivity index is 2.69. The molecule has 16 heavy (non-hydrogen) atoms. The summed E-state index contributed by atoms with van der Waals surface area (Å²) in [7, 11) is 1.65. The van der Waals surface area contributed by atoms with Crippen LogP contribution in [0.15, 0.2) is 47.2 Å². The molecule has 0 aliphatic heterocycles. The molecule has 0 aromatic heterocycles. The number of hydrazone groups is 1. The number of carbonyl (C=O) groups excluding carboxylic acids is 1. The summed E-state index contributed by atoms with van der Waals surface area (Å²) in [6.07, 6.45) is 3.51. The van der Waals surface area contributed by atoms with E-state index in [1.54, 1.807) is 19.3 Å². The van der Waals surface area contributed by atoms with Gasteiger partial charge in [0.2, 0.25) is 0 Å². The first-order valence-corrected chi connectivity index (χ1v) is 4.65. The molecule has 0 bridgehead atoms. The van der Waals surface area contributed by atoms with Gasteiger partial charge in [0.1, 0.15) is 11.6 Å². The molecule has 1 aromatic carbocycles. The Morgan fingerprint density at radius 2 is 2.12 bits per heavy atom. The average Bonchev–Trinajstić information content (AvgIpc) is 2.34. The van der Waals surface area contributed by atoms with E-state index in [1.165, 1.54) is 11.2 Å². The predicted octanol–water partition coefficient (Wildman–Crippen LogP) is 1.56. The third-order valence-corrected chi connectivity index (χ3v) is 1.77. The zero-order valence-electron chi connectivity index (χ0n) is 8.87. The van der Waals surface area contributed by atoms with Gasteiger partial charge in [-0.05, 0) is 5.56 Å². The summed E-state index contributed by atoms with van der Waals surface area (Å²) in [5.41, 5.74) is 0.986. The maximum absolute atomic E-state index is 10.4. The van der Waals surface area contributed by atoms with Crippen LogP contribution in [0.1, 0.15) is 5.56 Å². The molecule has 80 valence electrons. The van der Waals surface area contributed by atoms with Crippen LogP contribution in [0.2, 0.25) is 0 Å². The monoisotopic (exact) mass is 213 g/mol. The van der Waals surface area contributed by atoms with E-state index in [2.05, 4.69) is 5.10 Å². The fraction of sp³-hybridized carbons (Fsp3) is 0.0833. The van der Waals surface area contributed by atoms with Crippen LogP contribution >= 0.6 is 0 Å². The first kappa shape index (κ1) is 11.7. The molecule has 0 radical (unpaired) electrons. The van der Waals surface area contributed by atoms with Crippen LogP contribution in [0.4, 0.5) is 0 Å². The number of allylic oxidation sites excluding steroid dienone is 1. The van der Waals surface area contributed by atoms with E-state index in [4.69, 9.17) is 5.26 Å². The van der Waals surface area contributed by atoms with Crippen LogP contribution < -0.4 is 0 Å². The fourth-order valence-corrected chi connectivity index (χ4v) is 1.02. The van der Waals surface area contributed by atoms with Crippen LogP contribution in [-0.4, -0.2) is 24.6 Å². The number of nitriles is 1. The summed E-state index contributed by atoms with van der Waals surface area (Å²) < 4.78 is 0. The second kappa shape index (κ2) is 6.14. The Morgan fingerprint density at radius 3 is 2.69 bits per heavy atom. The van der Waals surface area contributed by atoms with Crippen molar-refractivity contribution in [1.82, 2.24) is 5.01 Å². The SMILES string of the molecule is CN(C=C(C#N)C=O)N=Cc1ccccc1. The molecule has 0 unspecified atom stereocenters. The Bertz CT molecular complexity index is 443. The molecule has 0 saturated heterocycles. The lowest BCUT2D eigenvalue weighted by molar-refractivity contribution is -0.104. The van der Waals surface area contributed by atoms with Crippen molar-refractivity contribution < 1.29 is 4.79 Å². The second-order valence-corrected chi connectivity index (χ2v) is 3.04. The summed E-state index contributed by atoms with van der Waals surface area (Å²) in [6.45, 7) is 0. The van der Waals surface area contributed by atoms with E-state index in [1.807, 2.05) is 30.3 Å². The van der Waals surface area contributed by atoms with Crippen molar-refractivity contribution in [3.8, 4) is 6.07 Å². The minimum atomic E-state index is 0.0349. The van der Waals surface area contributed by atoms with Crippen molar-refractivity contribution in [2.45, 2.75) is 0 Å². The molecule has 0 amide bonds. The number of hydrogen-bond acceptors (Lipinski definition) is 4. The molecule has 0 atom stereocenters. The molecule has 0 aliphatic carbocycles. The lowest BCUT2D eigenvalue weighted by atomic mass is 10.2. The third-order valence-electron chi connectivity index (χ3n) is 1.77. The van der Waals surface area contributed by atoms with Gasteiger partial charge in [-0.15, -0.1) is 0 Å². The molecule has 0 spiro atoms. The van der Waals surface area contributed by atoms with Gasteiger partial charge in [-0.1, -0.05) is 30.3 Å². The van der Waals surface area contributed by atoms with Crippen molar-refractivity contribution in [3.63, 3.8) is 0 Å². The number of benzene rings is 1. The Kier molecular flexibility index (Phi) is 4.48. The maximum Gasteiger partial charge on any atom is 0.162 e. The van der Waals surface area contributed by atoms with Gasteiger partial charge < -0.3 is 0 Å². The summed E-state index contributed by atoms with van der Waals surface area (Å²) >= 11 is 0. The van der Waals surface area contributed by atoms with Crippen molar-refractivity contribution >= 4 is 12.5 Å². The normalized spacial score (nSPS) is 11.1. The molecule has 0 fully saturated rings. The van der Waals surface area contributed by atoms with Crippen molar-refractivity contribution in [3.05, 3.63) is 47.7 Å². The van der Waals surface area contributed by atoms with Gasteiger partial charge in [-0.3, -0.25) is 9.80 Å². The smallest absolute Gasteiger partial charge is 0.162 e. The van der Waals surface area contributed by atoms with Gasteiger partial charge in [-0.2, -0.15) is 10.4 Å². The Morgan fingerprint density at radius 1 is 1.44 bits per heavy atom. The second-order valence-electron chi connectivity index (χ2n) is 3.04. The van der Waals surface area contributed by atoms with Gasteiger partial charge in [0, 0.05) is 13.2 Å². The average molecular weight is 213 g/mol. The largest absolute Gasteiger partial charge is 0.297 e. The first-order chi connectivity index (χ1) is 7.76. The van der Waals surface area contributed by atoms with E-state index in [0.717, 1.165) is 5.56 Å². The number of carbonyl (C=O) groups is 1. The molecule has 4 nitrogen and oxygen atoms in total. The number of aldehydes is 1. The number of hydrogen-bond donors (Lipinski definition) is 0. The third kappa shape index (κ3) is 3.76. The highest BCUT2D eigenvalue weighted by Gasteiger charge is 1.93. The lowest BCUT2D eigenvalue weighted by Crippen LogP contribution is -2.03. The standard InChI is InChI=1S/C12H11N3O/c1-15(9-12(7-13)10-16)14-8-11-5-3-2-4-6-11/h2-6,8-10H,1H3. The molecule has 0 aliphatic rings. The summed E-state index contributed by atoms with van der Waals surface area (Å²) in [4.78, 5) is 10.4. The highest BCUT2D eigenvalue weighted by atomic mass is 16.1. The van der Waals surface area contributed by atoms with Crippen LogP contribution in [-0.2, 0) is 4.79 Å². The van der Waals surface area contributed by atoms with Crippen LogP contribution in [0.5, 0.6) is 0 Å². The molecule has 0 N–H and O–H groups in total. The van der Waals surface area contributed by atoms with Gasteiger partial charge in [0.25, 0.3) is 0 Å². The van der Waals surface area contributed by atoms with Gasteiger partial charge in [0.15, 0.2) is 6.29 Å². The highest BCUT2D eigenvalue weighted by Crippen LogP contribution is 1.96. The highest BCUT2D eigenvalue weighted by molar-refractivity contribution is 5.80. The molecule has 1 aromatic rings. The Hall–Kier alpha value is -2.41. The molecular formula is C12H11N3O. The van der Waals surface area contributed by atoms with Crippen molar-refractivity contribution in [1.29, 1.82) is 5.26 Å². The van der Waals surface area contributed by atoms with E-state index >= 15 is 0 Å². The molecule has 1 rings (SSSR count). The predicted molar refractivity (Wildman–Crippen MR) is 61.6 cm³/mol. The van der Waals surface area contributed by atoms with E-state index < -0.39 is 0 Å². The Labute approximate surface area is 94.1 Å². The quantitative estimate of drug-likeness (QED) is 0.251. The fourth-order valence-electron chi connectivity index (χ4n) is 1.02. The van der Waals surface area contributed by atoms with E-state index in [0.29, 0.717) is 6.29 Å². The summed E-state index contributed by atoms with van der Waals surface area (Å²) in [6, 6.07) is 11.3. The minimum Gasteiger partial charge on any atom is -0.297 e. The van der Waals surface area contributed by atoms with Crippen LogP contribution in [0, 0.1) is 11.3 Å². The van der Waals surface area contributed by atoms with Crippen molar-refractivity contribution in [2.75, 3.05) is 7.05 Å². The lowest BCUT2D eigenvalue weighted by Gasteiger charge is -2.05. The number of rotatable bonds is 4. The van der Waals surface area contributed by atoms with Crippen LogP contribution in [0.25, 0.3) is 0 Å². The molecule has 4 heteroatoms. The minimum absolute atomic E-state index is 0.0349. The van der Waals surface area contributed by atoms with Gasteiger partial charge >= 0.3 is 0 Å². The van der Waals surface area contributed by atoms with Crippen LogP contribution in [0.3, 0.4) is 0 Å². The zero-order valence-corrected chi connectivity index (χ0v) is 8.87. The van der Waals surface area contributed by atoms with E-state index in [9.17, 15) is 4.79 Å². The molecule has 0 saturated carbocycles. The van der Waals surface area contributed by atoms with Gasteiger partial charge in [-0.25, -0.2) is 0 Å². The summed E-state index contributed by atoms with van der Waals surface area (Å²) in [5, 5.41) is 14.0. The number of nitrogens with zero attached hydrogens (tertiary/aromatic N) is 3. The van der Waals surface area contributed by atoms with Crippen molar-refractivity contribution in [2.24, 2.45) is 5.10 Å². The first-order valence-electron chi connectivity index (χ1n) is 4.65. The molecule has 0 heterocycles. The van der Waals surface area contributed by atoms with Gasteiger partial charge in [0.05, 0.1) is 6.21 Å². The zero-order chi connectivity index (χ0) is 11.8. The topological polar surface area (TPSA) is 56.5 Å². The molecular weight excluding hydrogens is 202 g/mol. The maximum atomic E-state index is 10.4.